The molecule has 1 N–H and O–H groups in total. The van der Waals surface area contributed by atoms with E-state index in [0.29, 0.717) is 13.0 Å². The van der Waals surface area contributed by atoms with Crippen molar-refractivity contribution in [2.75, 3.05) is 31.3 Å². The zero-order valence-electron chi connectivity index (χ0n) is 13.2. The summed E-state index contributed by atoms with van der Waals surface area (Å²) in [6.07, 6.45) is 2.26. The fourth-order valence-corrected chi connectivity index (χ4v) is 3.82. The number of carbonyl (C=O) groups excluding carboxylic acids is 1. The van der Waals surface area contributed by atoms with E-state index in [1.54, 1.807) is 12.1 Å². The van der Waals surface area contributed by atoms with Crippen LogP contribution in [0.25, 0.3) is 0 Å². The van der Waals surface area contributed by atoms with Crippen LogP contribution in [0.5, 0.6) is 5.75 Å². The highest BCUT2D eigenvalue weighted by molar-refractivity contribution is 7.92. The number of esters is 1. The summed E-state index contributed by atoms with van der Waals surface area (Å²) in [7, 11) is -1.06. The van der Waals surface area contributed by atoms with Gasteiger partial charge in [0, 0.05) is 6.61 Å². The first kappa shape index (κ1) is 17.6. The number of sulfonamides is 1. The number of benzene rings is 1. The molecule has 2 rings (SSSR count). The maximum atomic E-state index is 12.4. The second-order valence-corrected chi connectivity index (χ2v) is 7.01. The molecular formula is C15H21NO6S. The molecule has 8 heteroatoms. The molecule has 0 amide bonds. The molecule has 23 heavy (non-hydrogen) atoms. The van der Waals surface area contributed by atoms with Gasteiger partial charge in [-0.25, -0.2) is 13.2 Å². The van der Waals surface area contributed by atoms with E-state index >= 15 is 0 Å². The maximum Gasteiger partial charge on any atom is 0.340 e. The Morgan fingerprint density at radius 3 is 2.74 bits per heavy atom. The summed E-state index contributed by atoms with van der Waals surface area (Å²) in [5, 5.41) is 0. The van der Waals surface area contributed by atoms with Crippen molar-refractivity contribution in [3.63, 3.8) is 0 Å². The maximum absolute atomic E-state index is 12.4. The van der Waals surface area contributed by atoms with E-state index in [0.717, 1.165) is 12.8 Å². The van der Waals surface area contributed by atoms with Gasteiger partial charge in [-0.15, -0.1) is 0 Å². The Morgan fingerprint density at radius 1 is 1.35 bits per heavy atom. The minimum atomic E-state index is -3.69. The molecule has 0 radical (unpaired) electrons. The van der Waals surface area contributed by atoms with Crippen LogP contribution in [0.15, 0.2) is 18.2 Å². The number of ether oxygens (including phenoxy) is 3. The summed E-state index contributed by atoms with van der Waals surface area (Å²) < 4.78 is 42.5. The molecule has 1 aliphatic heterocycles. The highest BCUT2D eigenvalue weighted by Crippen LogP contribution is 2.30. The number of anilines is 1. The zero-order valence-corrected chi connectivity index (χ0v) is 14.0. The zero-order chi connectivity index (χ0) is 16.9. The van der Waals surface area contributed by atoms with Crippen LogP contribution in [0.3, 0.4) is 0 Å². The summed E-state index contributed by atoms with van der Waals surface area (Å²) in [5.74, 6) is -0.553. The Labute approximate surface area is 136 Å². The van der Waals surface area contributed by atoms with Crippen molar-refractivity contribution in [1.29, 1.82) is 0 Å². The molecule has 1 aliphatic rings. The Hall–Kier alpha value is -1.80. The van der Waals surface area contributed by atoms with Crippen LogP contribution in [0, 0.1) is 0 Å². The van der Waals surface area contributed by atoms with Crippen molar-refractivity contribution >= 4 is 21.7 Å². The van der Waals surface area contributed by atoms with Crippen LogP contribution in [0.1, 0.15) is 29.6 Å². The fourth-order valence-electron chi connectivity index (χ4n) is 2.47. The molecule has 1 fully saturated rings. The minimum Gasteiger partial charge on any atom is -0.495 e. The molecule has 128 valence electrons. The molecule has 1 aromatic carbocycles. The van der Waals surface area contributed by atoms with Gasteiger partial charge in [-0.1, -0.05) is 6.07 Å². The molecule has 1 heterocycles. The Balaban J connectivity index is 2.24. The lowest BCUT2D eigenvalue weighted by molar-refractivity contribution is 0.0306. The molecule has 1 atom stereocenters. The van der Waals surface area contributed by atoms with Crippen LogP contribution < -0.4 is 9.46 Å². The van der Waals surface area contributed by atoms with Crippen LogP contribution >= 0.6 is 0 Å². The molecule has 0 aliphatic carbocycles. The van der Waals surface area contributed by atoms with Crippen molar-refractivity contribution in [1.82, 2.24) is 0 Å². The first-order valence-electron chi connectivity index (χ1n) is 7.34. The van der Waals surface area contributed by atoms with Gasteiger partial charge in [0.05, 0.1) is 31.6 Å². The predicted molar refractivity (Wildman–Crippen MR) is 85.3 cm³/mol. The molecule has 0 aromatic heterocycles. The molecule has 1 saturated heterocycles. The summed E-state index contributed by atoms with van der Waals surface area (Å²) in [6.45, 7) is 0.572. The van der Waals surface area contributed by atoms with Crippen molar-refractivity contribution in [2.45, 2.75) is 25.4 Å². The monoisotopic (exact) mass is 343 g/mol. The molecule has 7 nitrogen and oxygen atoms in total. The third-order valence-electron chi connectivity index (χ3n) is 3.59. The summed E-state index contributed by atoms with van der Waals surface area (Å²) in [5.41, 5.74) is 0.178. The van der Waals surface area contributed by atoms with Crippen molar-refractivity contribution in [2.24, 2.45) is 0 Å². The van der Waals surface area contributed by atoms with E-state index in [2.05, 4.69) is 9.46 Å². The Bertz CT molecular complexity index is 652. The minimum absolute atomic E-state index is 0.0812. The van der Waals surface area contributed by atoms with Gasteiger partial charge in [-0.2, -0.15) is 0 Å². The van der Waals surface area contributed by atoms with Gasteiger partial charge in [-0.05, 0) is 31.4 Å². The standard InChI is InChI=1S/C15H21NO6S/c1-20-13-8-5-7-12(15(17)21-2)14(13)16-23(18,19)10-11-6-3-4-9-22-11/h5,7-8,11,16H,3-4,6,9-10H2,1-2H3/t11-/m1/s1. The number of carbonyl (C=O) groups is 1. The number of hydrogen-bond donors (Lipinski definition) is 1. The third kappa shape index (κ3) is 4.59. The van der Waals surface area contributed by atoms with E-state index in [9.17, 15) is 13.2 Å². The van der Waals surface area contributed by atoms with Gasteiger partial charge in [0.2, 0.25) is 10.0 Å². The van der Waals surface area contributed by atoms with Crippen LogP contribution in [-0.4, -0.2) is 47.1 Å². The van der Waals surface area contributed by atoms with Crippen molar-refractivity contribution < 1.29 is 27.4 Å². The second kappa shape index (κ2) is 7.65. The lowest BCUT2D eigenvalue weighted by atomic mass is 10.1. The van der Waals surface area contributed by atoms with Crippen molar-refractivity contribution in [3.05, 3.63) is 23.8 Å². The molecule has 1 aromatic rings. The highest BCUT2D eigenvalue weighted by Gasteiger charge is 2.25. The first-order valence-corrected chi connectivity index (χ1v) is 8.99. The number of nitrogens with one attached hydrogen (secondary N) is 1. The van der Waals surface area contributed by atoms with Gasteiger partial charge >= 0.3 is 5.97 Å². The quantitative estimate of drug-likeness (QED) is 0.792. The summed E-state index contributed by atoms with van der Waals surface area (Å²) >= 11 is 0. The van der Waals surface area contributed by atoms with Gasteiger partial charge in [0.1, 0.15) is 11.4 Å². The van der Waals surface area contributed by atoms with Gasteiger partial charge < -0.3 is 14.2 Å². The number of hydrogen-bond acceptors (Lipinski definition) is 6. The largest absolute Gasteiger partial charge is 0.495 e. The molecule has 0 bridgehead atoms. The Morgan fingerprint density at radius 2 is 2.13 bits per heavy atom. The van der Waals surface area contributed by atoms with Gasteiger partial charge in [0.15, 0.2) is 0 Å². The lowest BCUT2D eigenvalue weighted by Gasteiger charge is -2.23. The van der Waals surface area contributed by atoms with Crippen molar-refractivity contribution in [3.8, 4) is 5.75 Å². The number of methoxy groups -OCH3 is 2. The Kier molecular flexibility index (Phi) is 5.84. The average Bonchev–Trinajstić information content (AvgIpc) is 2.54. The number of rotatable bonds is 6. The predicted octanol–water partition coefficient (Wildman–Crippen LogP) is 1.79. The van der Waals surface area contributed by atoms with E-state index in [-0.39, 0.29) is 28.9 Å². The molecule has 0 saturated carbocycles. The molecule has 0 spiro atoms. The van der Waals surface area contributed by atoms with Gasteiger partial charge in [-0.3, -0.25) is 4.72 Å². The fraction of sp³-hybridized carbons (Fsp3) is 0.533. The van der Waals surface area contributed by atoms with E-state index in [4.69, 9.17) is 9.47 Å². The smallest absolute Gasteiger partial charge is 0.340 e. The van der Waals surface area contributed by atoms with E-state index in [1.807, 2.05) is 0 Å². The topological polar surface area (TPSA) is 90.9 Å². The van der Waals surface area contributed by atoms with E-state index < -0.39 is 16.0 Å². The lowest BCUT2D eigenvalue weighted by Crippen LogP contribution is -2.31. The summed E-state index contributed by atoms with van der Waals surface area (Å²) in [6, 6.07) is 4.64. The third-order valence-corrected chi connectivity index (χ3v) is 4.91. The molecule has 0 unspecified atom stereocenters. The van der Waals surface area contributed by atoms with Crippen LogP contribution in [0.4, 0.5) is 5.69 Å². The van der Waals surface area contributed by atoms with Crippen LogP contribution in [-0.2, 0) is 19.5 Å². The second-order valence-electron chi connectivity index (χ2n) is 5.25. The average molecular weight is 343 g/mol. The molecular weight excluding hydrogens is 322 g/mol. The van der Waals surface area contributed by atoms with Crippen LogP contribution in [0.2, 0.25) is 0 Å². The van der Waals surface area contributed by atoms with Gasteiger partial charge in [0.25, 0.3) is 0 Å². The number of para-hydroxylation sites is 1. The SMILES string of the molecule is COC(=O)c1cccc(OC)c1NS(=O)(=O)C[C@H]1CCCCO1. The first-order chi connectivity index (χ1) is 11.0. The summed E-state index contributed by atoms with van der Waals surface area (Å²) in [4.78, 5) is 11.8. The van der Waals surface area contributed by atoms with E-state index in [1.165, 1.54) is 20.3 Å². The normalized spacial score (nSPS) is 18.3. The highest BCUT2D eigenvalue weighted by atomic mass is 32.2.